The SMILES string of the molecule is O=C(Nc1cc(F)cc2[nH]ncc12)NC1CC2(CCC2)Oc2cc(Cl)ccc21. The van der Waals surface area contributed by atoms with Crippen molar-refractivity contribution < 1.29 is 13.9 Å². The van der Waals surface area contributed by atoms with Crippen LogP contribution in [0.5, 0.6) is 5.75 Å². The van der Waals surface area contributed by atoms with E-state index in [9.17, 15) is 9.18 Å². The Labute approximate surface area is 165 Å². The maximum atomic E-state index is 13.8. The number of benzene rings is 2. The van der Waals surface area contributed by atoms with E-state index in [1.165, 1.54) is 12.1 Å². The van der Waals surface area contributed by atoms with Gasteiger partial charge >= 0.3 is 6.03 Å². The Morgan fingerprint density at radius 2 is 2.18 bits per heavy atom. The first-order valence-corrected chi connectivity index (χ1v) is 9.58. The number of nitrogens with zero attached hydrogens (tertiary/aromatic N) is 1. The van der Waals surface area contributed by atoms with E-state index in [0.29, 0.717) is 33.8 Å². The van der Waals surface area contributed by atoms with E-state index in [0.717, 1.165) is 24.8 Å². The lowest BCUT2D eigenvalue weighted by molar-refractivity contribution is -0.0354. The number of urea groups is 1. The molecule has 8 heteroatoms. The minimum Gasteiger partial charge on any atom is -0.487 e. The number of rotatable bonds is 2. The van der Waals surface area contributed by atoms with E-state index < -0.39 is 11.8 Å². The highest BCUT2D eigenvalue weighted by Gasteiger charge is 2.46. The molecule has 2 amide bonds. The number of halogens is 2. The molecule has 2 aliphatic rings. The van der Waals surface area contributed by atoms with Gasteiger partial charge in [-0.15, -0.1) is 0 Å². The van der Waals surface area contributed by atoms with Crippen LogP contribution in [-0.2, 0) is 0 Å². The van der Waals surface area contributed by atoms with Crippen molar-refractivity contribution in [2.24, 2.45) is 0 Å². The molecule has 0 bridgehead atoms. The third-order valence-corrected chi connectivity index (χ3v) is 5.83. The zero-order valence-corrected chi connectivity index (χ0v) is 15.6. The molecule has 0 radical (unpaired) electrons. The lowest BCUT2D eigenvalue weighted by atomic mass is 9.73. The fraction of sp³-hybridized carbons (Fsp3) is 0.300. The van der Waals surface area contributed by atoms with Crippen LogP contribution in [0.4, 0.5) is 14.9 Å². The minimum absolute atomic E-state index is 0.213. The van der Waals surface area contributed by atoms with Gasteiger partial charge in [-0.2, -0.15) is 5.10 Å². The van der Waals surface area contributed by atoms with Gasteiger partial charge in [0, 0.05) is 22.4 Å². The Hall–Kier alpha value is -2.80. The lowest BCUT2D eigenvalue weighted by Crippen LogP contribution is -2.50. The van der Waals surface area contributed by atoms with E-state index >= 15 is 0 Å². The lowest BCUT2D eigenvalue weighted by Gasteiger charge is -2.48. The van der Waals surface area contributed by atoms with Gasteiger partial charge in [0.05, 0.1) is 23.4 Å². The molecule has 0 saturated heterocycles. The molecule has 1 aliphatic heterocycles. The summed E-state index contributed by atoms with van der Waals surface area (Å²) in [5, 5.41) is 13.6. The number of aromatic amines is 1. The summed E-state index contributed by atoms with van der Waals surface area (Å²) in [6.07, 6.45) is 5.27. The van der Waals surface area contributed by atoms with Crippen LogP contribution >= 0.6 is 11.6 Å². The van der Waals surface area contributed by atoms with E-state index in [4.69, 9.17) is 16.3 Å². The number of carbonyl (C=O) groups is 1. The molecule has 1 aromatic heterocycles. The third kappa shape index (κ3) is 2.96. The van der Waals surface area contributed by atoms with Crippen LogP contribution in [0.3, 0.4) is 0 Å². The molecule has 3 aromatic rings. The van der Waals surface area contributed by atoms with Gasteiger partial charge in [0.1, 0.15) is 17.2 Å². The topological polar surface area (TPSA) is 79.0 Å². The molecule has 5 rings (SSSR count). The molecule has 6 nitrogen and oxygen atoms in total. The first kappa shape index (κ1) is 17.3. The van der Waals surface area contributed by atoms with E-state index in [2.05, 4.69) is 20.8 Å². The number of aromatic nitrogens is 2. The highest BCUT2D eigenvalue weighted by atomic mass is 35.5. The average Bonchev–Trinajstić information content (AvgIpc) is 3.08. The van der Waals surface area contributed by atoms with Crippen molar-refractivity contribution in [3.63, 3.8) is 0 Å². The summed E-state index contributed by atoms with van der Waals surface area (Å²) in [5.74, 6) is 0.262. The fourth-order valence-electron chi connectivity index (χ4n) is 4.08. The van der Waals surface area contributed by atoms with Crippen molar-refractivity contribution in [1.82, 2.24) is 15.5 Å². The minimum atomic E-state index is -0.452. The smallest absolute Gasteiger partial charge is 0.319 e. The van der Waals surface area contributed by atoms with Gasteiger partial charge in [-0.3, -0.25) is 5.10 Å². The van der Waals surface area contributed by atoms with Gasteiger partial charge in [-0.25, -0.2) is 9.18 Å². The Kier molecular flexibility index (Phi) is 3.94. The fourth-order valence-corrected chi connectivity index (χ4v) is 4.25. The molecule has 1 spiro atoms. The van der Waals surface area contributed by atoms with Gasteiger partial charge in [-0.05, 0) is 43.5 Å². The molecule has 1 atom stereocenters. The molecule has 28 heavy (non-hydrogen) atoms. The Bertz CT molecular complexity index is 1080. The Balaban J connectivity index is 1.40. The molecule has 144 valence electrons. The van der Waals surface area contributed by atoms with E-state index in [1.807, 2.05) is 6.07 Å². The molecular formula is C20H18ClFN4O2. The summed E-state index contributed by atoms with van der Waals surface area (Å²) in [5.41, 5.74) is 1.54. The van der Waals surface area contributed by atoms with Crippen LogP contribution in [0, 0.1) is 5.82 Å². The van der Waals surface area contributed by atoms with Gasteiger partial charge in [0.15, 0.2) is 0 Å². The van der Waals surface area contributed by atoms with Gasteiger partial charge in [0.2, 0.25) is 0 Å². The van der Waals surface area contributed by atoms with Crippen LogP contribution in [0.15, 0.2) is 36.5 Å². The molecule has 2 heterocycles. The van der Waals surface area contributed by atoms with Crippen LogP contribution in [0.1, 0.15) is 37.3 Å². The second-order valence-corrected chi connectivity index (χ2v) is 7.90. The number of nitrogens with one attached hydrogen (secondary N) is 3. The highest BCUT2D eigenvalue weighted by Crippen LogP contribution is 2.49. The average molecular weight is 401 g/mol. The summed E-state index contributed by atoms with van der Waals surface area (Å²) in [6.45, 7) is 0. The second kappa shape index (κ2) is 6.38. The third-order valence-electron chi connectivity index (χ3n) is 5.60. The standard InChI is InChI=1S/C20H18ClFN4O2/c21-11-2-3-13-17(9-20(4-1-5-20)28-18(13)6-11)25-19(27)24-15-7-12(22)8-16-14(15)10-23-26-16/h2-3,6-8,10,17H,1,4-5,9H2,(H,23,26)(H2,24,25,27). The maximum Gasteiger partial charge on any atom is 0.319 e. The molecule has 1 aliphatic carbocycles. The molecular weight excluding hydrogens is 383 g/mol. The molecule has 1 saturated carbocycles. The largest absolute Gasteiger partial charge is 0.487 e. The van der Waals surface area contributed by atoms with Crippen molar-refractivity contribution in [3.05, 3.63) is 52.9 Å². The van der Waals surface area contributed by atoms with Crippen molar-refractivity contribution >= 4 is 34.2 Å². The second-order valence-electron chi connectivity index (χ2n) is 7.46. The predicted molar refractivity (Wildman–Crippen MR) is 104 cm³/mol. The zero-order valence-electron chi connectivity index (χ0n) is 14.9. The monoisotopic (exact) mass is 400 g/mol. The Morgan fingerprint density at radius 1 is 1.32 bits per heavy atom. The molecule has 3 N–H and O–H groups in total. The summed E-state index contributed by atoms with van der Waals surface area (Å²) in [7, 11) is 0. The van der Waals surface area contributed by atoms with E-state index in [1.54, 1.807) is 18.3 Å². The quantitative estimate of drug-likeness (QED) is 0.571. The van der Waals surface area contributed by atoms with Crippen molar-refractivity contribution in [1.29, 1.82) is 0 Å². The number of hydrogen-bond donors (Lipinski definition) is 3. The normalized spacial score (nSPS) is 19.6. The van der Waals surface area contributed by atoms with E-state index in [-0.39, 0.29) is 11.6 Å². The van der Waals surface area contributed by atoms with Crippen molar-refractivity contribution in [3.8, 4) is 5.75 Å². The predicted octanol–water partition coefficient (Wildman–Crippen LogP) is 4.92. The summed E-state index contributed by atoms with van der Waals surface area (Å²) in [6, 6.07) is 7.46. The summed E-state index contributed by atoms with van der Waals surface area (Å²) in [4.78, 5) is 12.7. The summed E-state index contributed by atoms with van der Waals surface area (Å²) >= 11 is 6.13. The first-order valence-electron chi connectivity index (χ1n) is 9.20. The molecule has 1 fully saturated rings. The molecule has 2 aromatic carbocycles. The van der Waals surface area contributed by atoms with Gasteiger partial charge in [0.25, 0.3) is 0 Å². The number of H-pyrrole nitrogens is 1. The van der Waals surface area contributed by atoms with Crippen molar-refractivity contribution in [2.45, 2.75) is 37.3 Å². The Morgan fingerprint density at radius 3 is 2.96 bits per heavy atom. The number of carbonyl (C=O) groups excluding carboxylic acids is 1. The summed E-state index contributed by atoms with van der Waals surface area (Å²) < 4.78 is 20.0. The maximum absolute atomic E-state index is 13.8. The van der Waals surface area contributed by atoms with Crippen molar-refractivity contribution in [2.75, 3.05) is 5.32 Å². The van der Waals surface area contributed by atoms with Gasteiger partial charge in [-0.1, -0.05) is 17.7 Å². The number of anilines is 1. The number of fused-ring (bicyclic) bond motifs is 2. The zero-order chi connectivity index (χ0) is 19.3. The number of amides is 2. The van der Waals surface area contributed by atoms with Crippen LogP contribution in [-0.4, -0.2) is 21.8 Å². The number of ether oxygens (including phenoxy) is 1. The number of hydrogen-bond acceptors (Lipinski definition) is 3. The van der Waals surface area contributed by atoms with Gasteiger partial charge < -0.3 is 15.4 Å². The van der Waals surface area contributed by atoms with Crippen LogP contribution in [0.2, 0.25) is 5.02 Å². The highest BCUT2D eigenvalue weighted by molar-refractivity contribution is 6.30. The first-order chi connectivity index (χ1) is 13.5. The molecule has 1 unspecified atom stereocenters. The van der Waals surface area contributed by atoms with Crippen LogP contribution < -0.4 is 15.4 Å². The van der Waals surface area contributed by atoms with Crippen LogP contribution in [0.25, 0.3) is 10.9 Å².